The Morgan fingerprint density at radius 2 is 1.70 bits per heavy atom. The van der Waals surface area contributed by atoms with Gasteiger partial charge in [0.25, 0.3) is 0 Å². The Labute approximate surface area is 166 Å². The second-order valence-corrected chi connectivity index (χ2v) is 6.74. The van der Waals surface area contributed by atoms with Gasteiger partial charge in [0.2, 0.25) is 5.95 Å². The van der Waals surface area contributed by atoms with E-state index in [-0.39, 0.29) is 0 Å². The van der Waals surface area contributed by atoms with Crippen molar-refractivity contribution in [1.29, 1.82) is 0 Å². The zero-order valence-corrected chi connectivity index (χ0v) is 16.8. The van der Waals surface area contributed by atoms with Crippen molar-refractivity contribution >= 4 is 23.4 Å². The number of nitrogens with one attached hydrogen (secondary N) is 1. The van der Waals surface area contributed by atoms with Gasteiger partial charge in [-0.1, -0.05) is 60.1 Å². The molecule has 2 aromatic carbocycles. The van der Waals surface area contributed by atoms with E-state index in [0.29, 0.717) is 17.6 Å². The first-order chi connectivity index (χ1) is 13.1. The van der Waals surface area contributed by atoms with Crippen molar-refractivity contribution in [1.82, 2.24) is 9.97 Å². The molecule has 3 aromatic rings. The SMILES string of the molecule is CCN(CC)c1cc(Cl)nc(NCc2cccc(-c3ccccc3)c2C)n1. The van der Waals surface area contributed by atoms with Crippen LogP contribution in [0.25, 0.3) is 11.1 Å². The zero-order valence-electron chi connectivity index (χ0n) is 16.0. The molecule has 0 saturated heterocycles. The molecule has 0 amide bonds. The number of benzene rings is 2. The fourth-order valence-corrected chi connectivity index (χ4v) is 3.35. The van der Waals surface area contributed by atoms with Crippen LogP contribution < -0.4 is 10.2 Å². The number of halogens is 1. The largest absolute Gasteiger partial charge is 0.357 e. The summed E-state index contributed by atoms with van der Waals surface area (Å²) in [5.41, 5.74) is 4.93. The van der Waals surface area contributed by atoms with Crippen LogP contribution in [-0.4, -0.2) is 23.1 Å². The summed E-state index contributed by atoms with van der Waals surface area (Å²) in [6.45, 7) is 8.75. The van der Waals surface area contributed by atoms with E-state index in [2.05, 4.69) is 83.4 Å². The number of hydrogen-bond acceptors (Lipinski definition) is 4. The molecule has 0 atom stereocenters. The van der Waals surface area contributed by atoms with Crippen LogP contribution in [0.2, 0.25) is 5.15 Å². The van der Waals surface area contributed by atoms with E-state index in [9.17, 15) is 0 Å². The van der Waals surface area contributed by atoms with Gasteiger partial charge in [0.05, 0.1) is 0 Å². The number of nitrogens with zero attached hydrogens (tertiary/aromatic N) is 3. The molecular weight excluding hydrogens is 356 g/mol. The molecule has 0 unspecified atom stereocenters. The van der Waals surface area contributed by atoms with Gasteiger partial charge in [-0.05, 0) is 43.0 Å². The van der Waals surface area contributed by atoms with Gasteiger partial charge in [0.1, 0.15) is 11.0 Å². The molecule has 5 heteroatoms. The third kappa shape index (κ3) is 4.58. The lowest BCUT2D eigenvalue weighted by atomic mass is 9.96. The lowest BCUT2D eigenvalue weighted by molar-refractivity contribution is 0.841. The Hall–Kier alpha value is -2.59. The van der Waals surface area contributed by atoms with E-state index >= 15 is 0 Å². The zero-order chi connectivity index (χ0) is 19.2. The lowest BCUT2D eigenvalue weighted by Crippen LogP contribution is -2.23. The smallest absolute Gasteiger partial charge is 0.226 e. The highest BCUT2D eigenvalue weighted by Crippen LogP contribution is 2.26. The van der Waals surface area contributed by atoms with Crippen LogP contribution in [0, 0.1) is 6.92 Å². The number of hydrogen-bond donors (Lipinski definition) is 1. The standard InChI is InChI=1S/C22H25ClN4/c1-4-27(5-2)21-14-20(23)25-22(26-21)24-15-18-12-9-13-19(16(18)3)17-10-7-6-8-11-17/h6-14H,4-5,15H2,1-3H3,(H,24,25,26). The highest BCUT2D eigenvalue weighted by Gasteiger charge is 2.10. The van der Waals surface area contributed by atoms with E-state index in [0.717, 1.165) is 18.9 Å². The van der Waals surface area contributed by atoms with E-state index in [1.54, 1.807) is 6.07 Å². The first kappa shape index (κ1) is 19.2. The summed E-state index contributed by atoms with van der Waals surface area (Å²) in [6, 6.07) is 18.6. The normalized spacial score (nSPS) is 10.7. The maximum absolute atomic E-state index is 6.21. The first-order valence-corrected chi connectivity index (χ1v) is 9.67. The second-order valence-electron chi connectivity index (χ2n) is 6.35. The molecule has 4 nitrogen and oxygen atoms in total. The summed E-state index contributed by atoms with van der Waals surface area (Å²) in [5.74, 6) is 1.39. The lowest BCUT2D eigenvalue weighted by Gasteiger charge is -2.20. The molecule has 1 aromatic heterocycles. The highest BCUT2D eigenvalue weighted by atomic mass is 35.5. The maximum Gasteiger partial charge on any atom is 0.226 e. The molecule has 1 heterocycles. The minimum Gasteiger partial charge on any atom is -0.357 e. The predicted molar refractivity (Wildman–Crippen MR) is 115 cm³/mol. The van der Waals surface area contributed by atoms with Crippen LogP contribution in [0.15, 0.2) is 54.6 Å². The molecule has 0 spiro atoms. The molecule has 3 rings (SSSR count). The number of aromatic nitrogens is 2. The molecule has 0 aliphatic rings. The van der Waals surface area contributed by atoms with Gasteiger partial charge in [-0.25, -0.2) is 4.98 Å². The molecule has 0 radical (unpaired) electrons. The first-order valence-electron chi connectivity index (χ1n) is 9.29. The summed E-state index contributed by atoms with van der Waals surface area (Å²) in [7, 11) is 0. The van der Waals surface area contributed by atoms with Gasteiger partial charge >= 0.3 is 0 Å². The third-order valence-corrected chi connectivity index (χ3v) is 4.93. The molecule has 0 bridgehead atoms. The van der Waals surface area contributed by atoms with E-state index in [1.807, 2.05) is 6.07 Å². The van der Waals surface area contributed by atoms with Crippen molar-refractivity contribution < 1.29 is 0 Å². The van der Waals surface area contributed by atoms with Gasteiger partial charge in [0.15, 0.2) is 0 Å². The van der Waals surface area contributed by atoms with Crippen molar-refractivity contribution in [2.45, 2.75) is 27.3 Å². The summed E-state index contributed by atoms with van der Waals surface area (Å²) >= 11 is 6.21. The van der Waals surface area contributed by atoms with Crippen molar-refractivity contribution in [3.63, 3.8) is 0 Å². The Morgan fingerprint density at radius 1 is 0.963 bits per heavy atom. The van der Waals surface area contributed by atoms with Crippen LogP contribution >= 0.6 is 11.6 Å². The van der Waals surface area contributed by atoms with Gasteiger partial charge in [0, 0.05) is 25.7 Å². The van der Waals surface area contributed by atoms with Crippen LogP contribution in [0.4, 0.5) is 11.8 Å². The van der Waals surface area contributed by atoms with Crippen LogP contribution in [0.5, 0.6) is 0 Å². The minimum absolute atomic E-state index is 0.448. The fourth-order valence-electron chi connectivity index (χ4n) is 3.17. The van der Waals surface area contributed by atoms with E-state index in [1.165, 1.54) is 22.3 Å². The average molecular weight is 381 g/mol. The minimum atomic E-state index is 0.448. The Bertz CT molecular complexity index is 892. The van der Waals surface area contributed by atoms with Gasteiger partial charge in [-0.2, -0.15) is 4.98 Å². The molecule has 0 saturated carbocycles. The summed E-state index contributed by atoms with van der Waals surface area (Å²) < 4.78 is 0. The monoisotopic (exact) mass is 380 g/mol. The third-order valence-electron chi connectivity index (χ3n) is 4.74. The van der Waals surface area contributed by atoms with Crippen molar-refractivity contribution in [2.24, 2.45) is 0 Å². The van der Waals surface area contributed by atoms with Crippen LogP contribution in [0.1, 0.15) is 25.0 Å². The van der Waals surface area contributed by atoms with Crippen LogP contribution in [0.3, 0.4) is 0 Å². The predicted octanol–water partition coefficient (Wildman–Crippen LogP) is 5.56. The molecule has 1 N–H and O–H groups in total. The van der Waals surface area contributed by atoms with E-state index in [4.69, 9.17) is 11.6 Å². The fraction of sp³-hybridized carbons (Fsp3) is 0.273. The van der Waals surface area contributed by atoms with Crippen LogP contribution in [-0.2, 0) is 6.54 Å². The van der Waals surface area contributed by atoms with Gasteiger partial charge < -0.3 is 10.2 Å². The molecule has 0 fully saturated rings. The molecule has 0 aliphatic heterocycles. The highest BCUT2D eigenvalue weighted by molar-refractivity contribution is 6.29. The van der Waals surface area contributed by atoms with Gasteiger partial charge in [-0.15, -0.1) is 0 Å². The van der Waals surface area contributed by atoms with Crippen molar-refractivity contribution in [3.8, 4) is 11.1 Å². The maximum atomic E-state index is 6.21. The average Bonchev–Trinajstić information content (AvgIpc) is 2.68. The molecule has 140 valence electrons. The van der Waals surface area contributed by atoms with Gasteiger partial charge in [-0.3, -0.25) is 0 Å². The number of rotatable bonds is 7. The summed E-state index contributed by atoms with van der Waals surface area (Å²) in [5, 5.41) is 3.78. The quantitative estimate of drug-likeness (QED) is 0.544. The van der Waals surface area contributed by atoms with E-state index < -0.39 is 0 Å². The molecule has 0 aliphatic carbocycles. The van der Waals surface area contributed by atoms with Crippen molar-refractivity contribution in [3.05, 3.63) is 70.9 Å². The topological polar surface area (TPSA) is 41.1 Å². The summed E-state index contributed by atoms with van der Waals surface area (Å²) in [6.07, 6.45) is 0. The van der Waals surface area contributed by atoms with Crippen molar-refractivity contribution in [2.75, 3.05) is 23.3 Å². The Morgan fingerprint density at radius 3 is 2.41 bits per heavy atom. The number of anilines is 2. The Kier molecular flexibility index (Phi) is 6.30. The molecule has 27 heavy (non-hydrogen) atoms. The second kappa shape index (κ2) is 8.87. The summed E-state index contributed by atoms with van der Waals surface area (Å²) in [4.78, 5) is 11.1. The molecular formula is C22H25ClN4. The Balaban J connectivity index is 1.82.